The van der Waals surface area contributed by atoms with Gasteiger partial charge in [-0.05, 0) is 24.5 Å². The van der Waals surface area contributed by atoms with E-state index >= 15 is 0 Å². The molecule has 5 nitrogen and oxygen atoms in total. The second-order valence-electron chi connectivity index (χ2n) is 4.72. The van der Waals surface area contributed by atoms with Crippen LogP contribution in [0.25, 0.3) is 0 Å². The van der Waals surface area contributed by atoms with Crippen LogP contribution in [0.1, 0.15) is 24.7 Å². The monoisotopic (exact) mass is 289 g/mol. The molecule has 0 unspecified atom stereocenters. The quantitative estimate of drug-likeness (QED) is 0.539. The van der Waals surface area contributed by atoms with Gasteiger partial charge >= 0.3 is 0 Å². The minimum Gasteiger partial charge on any atom is -0.370 e. The Bertz CT molecular complexity index is 588. The number of hydrogen-bond donors (Lipinski definition) is 3. The lowest BCUT2D eigenvalue weighted by Gasteiger charge is -2.09. The first-order valence-electron chi connectivity index (χ1n) is 7.04. The van der Waals surface area contributed by atoms with Crippen LogP contribution in [0.5, 0.6) is 0 Å². The van der Waals surface area contributed by atoms with Crippen molar-refractivity contribution < 1.29 is 4.39 Å². The molecular weight excluding hydrogens is 269 g/mol. The molecular formula is C15H20FN5. The van der Waals surface area contributed by atoms with Gasteiger partial charge in [0.2, 0.25) is 0 Å². The molecule has 1 aromatic heterocycles. The lowest BCUT2D eigenvalue weighted by atomic mass is 10.1. The molecule has 0 saturated heterocycles. The molecule has 1 aromatic carbocycles. The highest BCUT2D eigenvalue weighted by molar-refractivity contribution is 5.47. The van der Waals surface area contributed by atoms with E-state index in [4.69, 9.17) is 5.84 Å². The van der Waals surface area contributed by atoms with Crippen molar-refractivity contribution in [2.75, 3.05) is 17.3 Å². The van der Waals surface area contributed by atoms with E-state index in [9.17, 15) is 4.39 Å². The molecule has 0 atom stereocenters. The minimum atomic E-state index is -0.182. The van der Waals surface area contributed by atoms with Crippen LogP contribution in [0.2, 0.25) is 0 Å². The summed E-state index contributed by atoms with van der Waals surface area (Å²) in [5.41, 5.74) is 3.22. The van der Waals surface area contributed by atoms with Crippen LogP contribution in [-0.4, -0.2) is 16.5 Å². The summed E-state index contributed by atoms with van der Waals surface area (Å²) < 4.78 is 13.5. The molecule has 0 aliphatic carbocycles. The lowest BCUT2D eigenvalue weighted by Crippen LogP contribution is -2.13. The zero-order valence-corrected chi connectivity index (χ0v) is 12.1. The van der Waals surface area contributed by atoms with E-state index in [1.807, 2.05) is 6.07 Å². The van der Waals surface area contributed by atoms with Crippen molar-refractivity contribution in [3.05, 3.63) is 47.5 Å². The highest BCUT2D eigenvalue weighted by atomic mass is 19.1. The second-order valence-corrected chi connectivity index (χ2v) is 4.72. The Balaban J connectivity index is 1.99. The normalized spacial score (nSPS) is 10.4. The Hall–Kier alpha value is -2.21. The fourth-order valence-electron chi connectivity index (χ4n) is 2.02. The summed E-state index contributed by atoms with van der Waals surface area (Å²) in [7, 11) is 0. The van der Waals surface area contributed by atoms with Gasteiger partial charge in [-0.15, -0.1) is 0 Å². The van der Waals surface area contributed by atoms with Gasteiger partial charge in [0.25, 0.3) is 0 Å². The summed E-state index contributed by atoms with van der Waals surface area (Å²) in [6.07, 6.45) is 2.34. The van der Waals surface area contributed by atoms with Crippen molar-refractivity contribution in [3.63, 3.8) is 0 Å². The Morgan fingerprint density at radius 2 is 1.90 bits per heavy atom. The number of rotatable bonds is 7. The maximum Gasteiger partial charge on any atom is 0.145 e. The van der Waals surface area contributed by atoms with Gasteiger partial charge in [-0.2, -0.15) is 0 Å². The third-order valence-corrected chi connectivity index (χ3v) is 3.05. The summed E-state index contributed by atoms with van der Waals surface area (Å²) in [4.78, 5) is 8.69. The van der Waals surface area contributed by atoms with Gasteiger partial charge in [0.1, 0.15) is 23.3 Å². The maximum atomic E-state index is 13.5. The van der Waals surface area contributed by atoms with Gasteiger partial charge < -0.3 is 10.7 Å². The van der Waals surface area contributed by atoms with Gasteiger partial charge in [-0.1, -0.05) is 25.1 Å². The number of nitrogens with two attached hydrogens (primary N) is 1. The molecule has 2 aromatic rings. The lowest BCUT2D eigenvalue weighted by molar-refractivity contribution is 0.610. The molecule has 0 spiro atoms. The van der Waals surface area contributed by atoms with Gasteiger partial charge in [0.05, 0.1) is 0 Å². The highest BCUT2D eigenvalue weighted by Crippen LogP contribution is 2.12. The molecule has 0 aliphatic heterocycles. The van der Waals surface area contributed by atoms with Crippen LogP contribution >= 0.6 is 0 Å². The number of hydrazine groups is 1. The van der Waals surface area contributed by atoms with Crippen molar-refractivity contribution >= 4 is 11.6 Å². The van der Waals surface area contributed by atoms with Crippen LogP contribution in [0.15, 0.2) is 30.3 Å². The Labute approximate surface area is 123 Å². The zero-order chi connectivity index (χ0) is 15.1. The van der Waals surface area contributed by atoms with Gasteiger partial charge in [0.15, 0.2) is 0 Å². The van der Waals surface area contributed by atoms with Crippen molar-refractivity contribution in [1.82, 2.24) is 9.97 Å². The Kier molecular flexibility index (Phi) is 5.45. The van der Waals surface area contributed by atoms with Crippen LogP contribution in [0, 0.1) is 5.82 Å². The summed E-state index contributed by atoms with van der Waals surface area (Å²) in [6, 6.07) is 8.51. The third-order valence-electron chi connectivity index (χ3n) is 3.05. The summed E-state index contributed by atoms with van der Waals surface area (Å²) in [6.45, 7) is 2.66. The van der Waals surface area contributed by atoms with E-state index < -0.39 is 0 Å². The average Bonchev–Trinajstić information content (AvgIpc) is 2.49. The fraction of sp³-hybridized carbons (Fsp3) is 0.333. The molecule has 0 saturated carbocycles. The summed E-state index contributed by atoms with van der Waals surface area (Å²) in [5.74, 6) is 7.22. The third kappa shape index (κ3) is 4.39. The molecule has 0 radical (unpaired) electrons. The smallest absolute Gasteiger partial charge is 0.145 e. The Morgan fingerprint density at radius 1 is 1.14 bits per heavy atom. The molecule has 0 bridgehead atoms. The largest absolute Gasteiger partial charge is 0.370 e. The Morgan fingerprint density at radius 3 is 2.62 bits per heavy atom. The van der Waals surface area contributed by atoms with Gasteiger partial charge in [-0.3, -0.25) is 0 Å². The van der Waals surface area contributed by atoms with E-state index in [1.54, 1.807) is 18.2 Å². The number of nitrogens with one attached hydrogen (secondary N) is 2. The predicted octanol–water partition coefficient (Wildman–Crippen LogP) is 2.51. The number of benzene rings is 1. The predicted molar refractivity (Wildman–Crippen MR) is 82.4 cm³/mol. The number of halogens is 1. The maximum absolute atomic E-state index is 13.5. The zero-order valence-electron chi connectivity index (χ0n) is 12.1. The standard InChI is InChI=1S/C15H20FN5/c1-2-5-13-19-14(10-15(20-13)21-17)18-9-8-11-6-3-4-7-12(11)16/h3-4,6-7,10H,2,5,8-9,17H2,1H3,(H2,18,19,20,21). The average molecular weight is 289 g/mol. The number of anilines is 2. The molecule has 21 heavy (non-hydrogen) atoms. The molecule has 2 rings (SSSR count). The van der Waals surface area contributed by atoms with E-state index in [-0.39, 0.29) is 5.82 Å². The summed E-state index contributed by atoms with van der Waals surface area (Å²) in [5, 5.41) is 3.18. The van der Waals surface area contributed by atoms with Crippen LogP contribution in [0.3, 0.4) is 0 Å². The molecule has 0 amide bonds. The molecule has 112 valence electrons. The SMILES string of the molecule is CCCc1nc(NN)cc(NCCc2ccccc2F)n1. The van der Waals surface area contributed by atoms with Crippen LogP contribution in [0.4, 0.5) is 16.0 Å². The highest BCUT2D eigenvalue weighted by Gasteiger charge is 2.04. The van der Waals surface area contributed by atoms with E-state index in [0.717, 1.165) is 18.7 Å². The first-order valence-corrected chi connectivity index (χ1v) is 7.04. The topological polar surface area (TPSA) is 75.9 Å². The first kappa shape index (κ1) is 15.2. The number of nitrogen functional groups attached to an aromatic ring is 1. The van der Waals surface area contributed by atoms with Crippen molar-refractivity contribution in [1.29, 1.82) is 0 Å². The number of aryl methyl sites for hydroxylation is 1. The van der Waals surface area contributed by atoms with Crippen molar-refractivity contribution in [2.45, 2.75) is 26.2 Å². The molecule has 0 aliphatic rings. The van der Waals surface area contributed by atoms with E-state index in [1.165, 1.54) is 6.07 Å². The molecule has 0 fully saturated rings. The van der Waals surface area contributed by atoms with Gasteiger partial charge in [0, 0.05) is 19.0 Å². The first-order chi connectivity index (χ1) is 10.2. The summed E-state index contributed by atoms with van der Waals surface area (Å²) >= 11 is 0. The second kappa shape index (κ2) is 7.54. The minimum absolute atomic E-state index is 0.182. The molecule has 1 heterocycles. The van der Waals surface area contributed by atoms with Crippen LogP contribution in [-0.2, 0) is 12.8 Å². The molecule has 6 heteroatoms. The fourth-order valence-corrected chi connectivity index (χ4v) is 2.02. The van der Waals surface area contributed by atoms with E-state index in [2.05, 4.69) is 27.6 Å². The van der Waals surface area contributed by atoms with Crippen molar-refractivity contribution in [3.8, 4) is 0 Å². The van der Waals surface area contributed by atoms with Gasteiger partial charge in [-0.25, -0.2) is 20.2 Å². The van der Waals surface area contributed by atoms with E-state index in [0.29, 0.717) is 30.2 Å². The number of hydrogen-bond acceptors (Lipinski definition) is 5. The van der Waals surface area contributed by atoms with Crippen LogP contribution < -0.4 is 16.6 Å². The van der Waals surface area contributed by atoms with Crippen molar-refractivity contribution in [2.24, 2.45) is 5.84 Å². The number of aromatic nitrogens is 2. The number of nitrogens with zero attached hydrogens (tertiary/aromatic N) is 2. The molecule has 4 N–H and O–H groups in total.